The minimum atomic E-state index is -0.546. The van der Waals surface area contributed by atoms with E-state index in [2.05, 4.69) is 54.4 Å². The average Bonchev–Trinajstić information content (AvgIpc) is 3.00. The molecule has 2 aromatic rings. The van der Waals surface area contributed by atoms with Gasteiger partial charge in [0.15, 0.2) is 5.72 Å². The van der Waals surface area contributed by atoms with Gasteiger partial charge < -0.3 is 15.0 Å². The van der Waals surface area contributed by atoms with Crippen molar-refractivity contribution in [2.75, 3.05) is 4.90 Å². The van der Waals surface area contributed by atoms with Crippen LogP contribution in [0.25, 0.3) is 0 Å². The zero-order valence-electron chi connectivity index (χ0n) is 17.2. The van der Waals surface area contributed by atoms with Crippen molar-refractivity contribution in [2.24, 2.45) is 0 Å². The highest BCUT2D eigenvalue weighted by Gasteiger charge is 2.70. The Morgan fingerprint density at radius 2 is 1.79 bits per heavy atom. The molecule has 28 heavy (non-hydrogen) atoms. The largest absolute Gasteiger partial charge is 0.467 e. The third kappa shape index (κ3) is 2.09. The molecular formula is C24H28N2O2. The van der Waals surface area contributed by atoms with Crippen LogP contribution in [0.1, 0.15) is 58.1 Å². The predicted octanol–water partition coefficient (Wildman–Crippen LogP) is 4.34. The quantitative estimate of drug-likeness (QED) is 0.805. The zero-order valence-corrected chi connectivity index (χ0v) is 17.2. The van der Waals surface area contributed by atoms with Crippen molar-refractivity contribution in [1.82, 2.24) is 5.32 Å². The molecule has 0 radical (unpaired) electrons. The van der Waals surface area contributed by atoms with Gasteiger partial charge >= 0.3 is 0 Å². The summed E-state index contributed by atoms with van der Waals surface area (Å²) in [4.78, 5) is 15.9. The van der Waals surface area contributed by atoms with Gasteiger partial charge in [-0.1, -0.05) is 36.4 Å². The second kappa shape index (κ2) is 5.31. The van der Waals surface area contributed by atoms with Crippen LogP contribution in [0.15, 0.2) is 48.5 Å². The Labute approximate surface area is 166 Å². The minimum Gasteiger partial charge on any atom is -0.467 e. The van der Waals surface area contributed by atoms with Gasteiger partial charge in [0.05, 0.1) is 5.41 Å². The maximum Gasteiger partial charge on any atom is 0.243 e. The summed E-state index contributed by atoms with van der Waals surface area (Å²) in [5.41, 5.74) is 2.46. The van der Waals surface area contributed by atoms with Crippen molar-refractivity contribution in [3.8, 4) is 5.75 Å². The Hall–Kier alpha value is -2.49. The van der Waals surface area contributed by atoms with Crippen LogP contribution >= 0.6 is 0 Å². The van der Waals surface area contributed by atoms with Crippen LogP contribution in [0.5, 0.6) is 5.75 Å². The van der Waals surface area contributed by atoms with Crippen LogP contribution in [-0.2, 0) is 10.2 Å². The normalized spacial score (nSPS) is 28.8. The summed E-state index contributed by atoms with van der Waals surface area (Å²) in [7, 11) is 0. The van der Waals surface area contributed by atoms with E-state index >= 15 is 0 Å². The lowest BCUT2D eigenvalue weighted by Gasteiger charge is -2.45. The van der Waals surface area contributed by atoms with E-state index in [9.17, 15) is 4.79 Å². The Bertz CT molecular complexity index is 975. The summed E-state index contributed by atoms with van der Waals surface area (Å²) >= 11 is 0. The zero-order chi connectivity index (χ0) is 19.9. The van der Waals surface area contributed by atoms with Crippen molar-refractivity contribution in [3.63, 3.8) is 0 Å². The minimum absolute atomic E-state index is 0.0761. The lowest BCUT2D eigenvalue weighted by Crippen LogP contribution is -2.60. The number of rotatable bonds is 1. The molecule has 2 aromatic carbocycles. The number of carbonyl (C=O) groups is 1. The number of amides is 1. The highest BCUT2D eigenvalue weighted by Crippen LogP contribution is 2.64. The molecule has 1 fully saturated rings. The molecule has 146 valence electrons. The standard InChI is InChI=1S/C24H28N2O2/c1-22(2,3)25-21(27)20-16-14-24(28-19-13-9-6-10-15(16)19)23(4,5)17-11-7-8-12-18(17)26(20)24/h6-13,16,20H,14H2,1-5H3,(H,25,27)/t16-,20+,24+/m1/s1. The summed E-state index contributed by atoms with van der Waals surface area (Å²) < 4.78 is 6.79. The van der Waals surface area contributed by atoms with E-state index in [1.54, 1.807) is 0 Å². The summed E-state index contributed by atoms with van der Waals surface area (Å²) in [6, 6.07) is 16.4. The molecule has 1 amide bonds. The van der Waals surface area contributed by atoms with Gasteiger partial charge in [0.25, 0.3) is 0 Å². The topological polar surface area (TPSA) is 41.6 Å². The van der Waals surface area contributed by atoms with Gasteiger partial charge in [-0.25, -0.2) is 0 Å². The summed E-state index contributed by atoms with van der Waals surface area (Å²) in [5.74, 6) is 1.10. The van der Waals surface area contributed by atoms with Crippen LogP contribution in [-0.4, -0.2) is 23.2 Å². The predicted molar refractivity (Wildman–Crippen MR) is 111 cm³/mol. The fourth-order valence-electron chi connectivity index (χ4n) is 5.54. The first-order chi connectivity index (χ1) is 13.2. The number of para-hydroxylation sites is 2. The van der Waals surface area contributed by atoms with Crippen LogP contribution in [0.2, 0.25) is 0 Å². The molecule has 0 aliphatic carbocycles. The summed E-state index contributed by atoms with van der Waals surface area (Å²) in [6.07, 6.45) is 0.813. The van der Waals surface area contributed by atoms with Gasteiger partial charge in [-0.05, 0) is 52.3 Å². The molecule has 0 saturated carbocycles. The maximum atomic E-state index is 13.6. The number of hydrogen-bond acceptors (Lipinski definition) is 3. The van der Waals surface area contributed by atoms with Gasteiger partial charge in [-0.3, -0.25) is 4.79 Å². The van der Waals surface area contributed by atoms with E-state index in [-0.39, 0.29) is 28.8 Å². The molecule has 3 aliphatic heterocycles. The molecule has 3 heterocycles. The number of fused-ring (bicyclic) bond motifs is 5. The lowest BCUT2D eigenvalue weighted by atomic mass is 9.73. The SMILES string of the molecule is CC(C)(C)NC(=O)[C@@H]1[C@@H]2C[C@@]3(Oc4ccccc42)N1c1ccccc1C3(C)C. The molecule has 3 atom stereocenters. The van der Waals surface area contributed by atoms with Gasteiger partial charge in [0.2, 0.25) is 5.91 Å². The van der Waals surface area contributed by atoms with E-state index in [1.165, 1.54) is 5.56 Å². The molecule has 4 nitrogen and oxygen atoms in total. The van der Waals surface area contributed by atoms with Crippen molar-refractivity contribution >= 4 is 11.6 Å². The first-order valence-corrected chi connectivity index (χ1v) is 10.1. The Morgan fingerprint density at radius 1 is 1.11 bits per heavy atom. The fraction of sp³-hybridized carbons (Fsp3) is 0.458. The Balaban J connectivity index is 1.73. The Kier molecular flexibility index (Phi) is 3.34. The van der Waals surface area contributed by atoms with Crippen molar-refractivity contribution in [1.29, 1.82) is 0 Å². The van der Waals surface area contributed by atoms with Crippen LogP contribution in [0, 0.1) is 0 Å². The molecule has 5 rings (SSSR count). The average molecular weight is 377 g/mol. The van der Waals surface area contributed by atoms with E-state index < -0.39 is 5.72 Å². The molecule has 2 bridgehead atoms. The number of anilines is 1. The number of ether oxygens (including phenoxy) is 1. The van der Waals surface area contributed by atoms with Gasteiger partial charge in [-0.15, -0.1) is 0 Å². The molecule has 1 saturated heterocycles. The first-order valence-electron chi connectivity index (χ1n) is 10.1. The first kappa shape index (κ1) is 17.6. The molecular weight excluding hydrogens is 348 g/mol. The van der Waals surface area contributed by atoms with Gasteiger partial charge in [0, 0.05) is 29.1 Å². The smallest absolute Gasteiger partial charge is 0.243 e. The molecule has 0 unspecified atom stereocenters. The third-order valence-corrected chi connectivity index (χ3v) is 6.72. The second-order valence-corrected chi connectivity index (χ2v) is 9.93. The lowest BCUT2D eigenvalue weighted by molar-refractivity contribution is -0.124. The van der Waals surface area contributed by atoms with Gasteiger partial charge in [0.1, 0.15) is 11.8 Å². The molecule has 0 aromatic heterocycles. The number of nitrogens with zero attached hydrogens (tertiary/aromatic N) is 1. The third-order valence-electron chi connectivity index (χ3n) is 6.72. The van der Waals surface area contributed by atoms with E-state index in [0.717, 1.165) is 23.4 Å². The van der Waals surface area contributed by atoms with Crippen LogP contribution < -0.4 is 15.0 Å². The fourth-order valence-corrected chi connectivity index (χ4v) is 5.54. The molecule has 1 spiro atoms. The number of hydrogen-bond donors (Lipinski definition) is 1. The highest BCUT2D eigenvalue weighted by molar-refractivity contribution is 5.91. The summed E-state index contributed by atoms with van der Waals surface area (Å²) in [6.45, 7) is 10.6. The van der Waals surface area contributed by atoms with Crippen molar-refractivity contribution < 1.29 is 9.53 Å². The highest BCUT2D eigenvalue weighted by atomic mass is 16.5. The van der Waals surface area contributed by atoms with E-state index in [4.69, 9.17) is 4.74 Å². The Morgan fingerprint density at radius 3 is 2.54 bits per heavy atom. The second-order valence-electron chi connectivity index (χ2n) is 9.93. The number of nitrogens with one attached hydrogen (secondary N) is 1. The van der Waals surface area contributed by atoms with Gasteiger partial charge in [-0.2, -0.15) is 0 Å². The summed E-state index contributed by atoms with van der Waals surface area (Å²) in [5, 5.41) is 3.24. The molecule has 3 aliphatic rings. The number of carbonyl (C=O) groups excluding carboxylic acids is 1. The molecule has 4 heteroatoms. The molecule has 1 N–H and O–H groups in total. The van der Waals surface area contributed by atoms with E-state index in [0.29, 0.717) is 0 Å². The van der Waals surface area contributed by atoms with E-state index in [1.807, 2.05) is 39.0 Å². The number of benzene rings is 2. The maximum absolute atomic E-state index is 13.6. The monoisotopic (exact) mass is 376 g/mol. The van der Waals surface area contributed by atoms with Crippen molar-refractivity contribution in [3.05, 3.63) is 59.7 Å². The van der Waals surface area contributed by atoms with Crippen molar-refractivity contribution in [2.45, 2.75) is 69.7 Å². The van der Waals surface area contributed by atoms with Crippen LogP contribution in [0.3, 0.4) is 0 Å². The van der Waals surface area contributed by atoms with Crippen LogP contribution in [0.4, 0.5) is 5.69 Å².